The molecule has 0 aliphatic rings. The Bertz CT molecular complexity index is 474. The molecule has 0 aliphatic heterocycles. The van der Waals surface area contributed by atoms with Crippen molar-refractivity contribution in [1.29, 1.82) is 0 Å². The van der Waals surface area contributed by atoms with E-state index in [2.05, 4.69) is 10.3 Å². The molecule has 0 saturated carbocycles. The van der Waals surface area contributed by atoms with Crippen LogP contribution in [0.5, 0.6) is 0 Å². The first kappa shape index (κ1) is 16.0. The Morgan fingerprint density at radius 2 is 2.11 bits per heavy atom. The standard InChI is InChI=1S/C13H21FN2O2S/c1-3-15-12(6-5-9-19(17,18)4-2)13-8-7-11(14)10-16-13/h7-8,10,12,15H,3-6,9H2,1-2H3. The van der Waals surface area contributed by atoms with Crippen LogP contribution >= 0.6 is 0 Å². The molecule has 0 aromatic carbocycles. The van der Waals surface area contributed by atoms with E-state index in [-0.39, 0.29) is 23.4 Å². The zero-order valence-electron chi connectivity index (χ0n) is 11.4. The van der Waals surface area contributed by atoms with Crippen molar-refractivity contribution in [2.45, 2.75) is 32.7 Å². The molecular formula is C13H21FN2O2S. The molecule has 0 aliphatic carbocycles. The third kappa shape index (κ3) is 5.65. The first-order valence-electron chi connectivity index (χ1n) is 6.53. The fraction of sp³-hybridized carbons (Fsp3) is 0.615. The summed E-state index contributed by atoms with van der Waals surface area (Å²) in [4.78, 5) is 4.05. The van der Waals surface area contributed by atoms with Gasteiger partial charge in [0.15, 0.2) is 0 Å². The van der Waals surface area contributed by atoms with Gasteiger partial charge < -0.3 is 5.32 Å². The van der Waals surface area contributed by atoms with Crippen LogP contribution in [0.3, 0.4) is 0 Å². The largest absolute Gasteiger partial charge is 0.309 e. The van der Waals surface area contributed by atoms with Gasteiger partial charge in [-0.15, -0.1) is 0 Å². The molecule has 1 N–H and O–H groups in total. The lowest BCUT2D eigenvalue weighted by Gasteiger charge is -2.17. The van der Waals surface area contributed by atoms with Crippen molar-refractivity contribution in [1.82, 2.24) is 10.3 Å². The number of hydrogen-bond acceptors (Lipinski definition) is 4. The summed E-state index contributed by atoms with van der Waals surface area (Å²) in [5.41, 5.74) is 0.747. The minimum Gasteiger partial charge on any atom is -0.309 e. The molecule has 1 heterocycles. The number of rotatable bonds is 8. The fourth-order valence-electron chi connectivity index (χ4n) is 1.85. The van der Waals surface area contributed by atoms with Gasteiger partial charge in [0, 0.05) is 11.8 Å². The second-order valence-electron chi connectivity index (χ2n) is 4.39. The minimum absolute atomic E-state index is 0.0299. The highest BCUT2D eigenvalue weighted by atomic mass is 32.2. The van der Waals surface area contributed by atoms with Crippen LogP contribution in [0.4, 0.5) is 4.39 Å². The number of halogens is 1. The molecule has 19 heavy (non-hydrogen) atoms. The lowest BCUT2D eigenvalue weighted by atomic mass is 10.1. The first-order chi connectivity index (χ1) is 8.98. The predicted octanol–water partition coefficient (Wildman–Crippen LogP) is 2.09. The number of hydrogen-bond donors (Lipinski definition) is 1. The molecule has 0 amide bonds. The van der Waals surface area contributed by atoms with Gasteiger partial charge in [-0.05, 0) is 31.5 Å². The van der Waals surface area contributed by atoms with Crippen LogP contribution in [0.25, 0.3) is 0 Å². The summed E-state index contributed by atoms with van der Waals surface area (Å²) in [6.45, 7) is 4.38. The Kier molecular flexibility index (Phi) is 6.37. The van der Waals surface area contributed by atoms with Crippen LogP contribution in [0.15, 0.2) is 18.3 Å². The average molecular weight is 288 g/mol. The summed E-state index contributed by atoms with van der Waals surface area (Å²) in [7, 11) is -2.93. The zero-order valence-corrected chi connectivity index (χ0v) is 12.2. The molecule has 0 bridgehead atoms. The van der Waals surface area contributed by atoms with Gasteiger partial charge >= 0.3 is 0 Å². The second-order valence-corrected chi connectivity index (χ2v) is 6.86. The second kappa shape index (κ2) is 7.55. The lowest BCUT2D eigenvalue weighted by molar-refractivity contribution is 0.493. The average Bonchev–Trinajstić information content (AvgIpc) is 2.39. The molecule has 108 valence electrons. The maximum atomic E-state index is 12.8. The molecule has 1 aromatic heterocycles. The predicted molar refractivity (Wildman–Crippen MR) is 74.2 cm³/mol. The topological polar surface area (TPSA) is 59.1 Å². The van der Waals surface area contributed by atoms with Gasteiger partial charge in [-0.25, -0.2) is 12.8 Å². The summed E-state index contributed by atoms with van der Waals surface area (Å²) in [6, 6.07) is 2.98. The van der Waals surface area contributed by atoms with Crippen LogP contribution in [0.2, 0.25) is 0 Å². The van der Waals surface area contributed by atoms with Crippen LogP contribution < -0.4 is 5.32 Å². The molecule has 0 saturated heterocycles. The van der Waals surface area contributed by atoms with Crippen molar-refractivity contribution in [3.8, 4) is 0 Å². The lowest BCUT2D eigenvalue weighted by Crippen LogP contribution is -2.23. The summed E-state index contributed by atoms with van der Waals surface area (Å²) in [5.74, 6) is -0.00663. The first-order valence-corrected chi connectivity index (χ1v) is 8.36. The van der Waals surface area contributed by atoms with E-state index in [1.165, 1.54) is 12.3 Å². The van der Waals surface area contributed by atoms with Gasteiger partial charge in [0.05, 0.1) is 17.6 Å². The Labute approximate surface area is 114 Å². The maximum absolute atomic E-state index is 12.8. The van der Waals surface area contributed by atoms with E-state index in [9.17, 15) is 12.8 Å². The molecule has 1 atom stereocenters. The van der Waals surface area contributed by atoms with E-state index in [0.29, 0.717) is 12.8 Å². The zero-order chi connectivity index (χ0) is 14.3. The van der Waals surface area contributed by atoms with Crippen LogP contribution in [0, 0.1) is 5.82 Å². The molecule has 0 fully saturated rings. The Hall–Kier alpha value is -1.01. The monoisotopic (exact) mass is 288 g/mol. The van der Waals surface area contributed by atoms with Crippen molar-refractivity contribution in [3.05, 3.63) is 29.8 Å². The summed E-state index contributed by atoms with van der Waals surface area (Å²) in [5, 5.41) is 3.24. The van der Waals surface area contributed by atoms with Crippen LogP contribution in [-0.2, 0) is 9.84 Å². The molecule has 1 rings (SSSR count). The SMILES string of the molecule is CCNC(CCCS(=O)(=O)CC)c1ccc(F)cn1. The molecule has 6 heteroatoms. The number of nitrogens with one attached hydrogen (secondary N) is 1. The van der Waals surface area contributed by atoms with E-state index in [1.54, 1.807) is 13.0 Å². The van der Waals surface area contributed by atoms with Crippen molar-refractivity contribution in [2.24, 2.45) is 0 Å². The van der Waals surface area contributed by atoms with E-state index in [4.69, 9.17) is 0 Å². The highest BCUT2D eigenvalue weighted by molar-refractivity contribution is 7.91. The molecular weight excluding hydrogens is 267 g/mol. The van der Waals surface area contributed by atoms with Gasteiger partial charge in [-0.1, -0.05) is 13.8 Å². The number of aromatic nitrogens is 1. The van der Waals surface area contributed by atoms with Crippen LogP contribution in [0.1, 0.15) is 38.4 Å². The van der Waals surface area contributed by atoms with E-state index >= 15 is 0 Å². The summed E-state index contributed by atoms with van der Waals surface area (Å²) < 4.78 is 35.7. The molecule has 1 unspecified atom stereocenters. The summed E-state index contributed by atoms with van der Waals surface area (Å²) >= 11 is 0. The van der Waals surface area contributed by atoms with Gasteiger partial charge in [-0.3, -0.25) is 4.98 Å². The number of pyridine rings is 1. The highest BCUT2D eigenvalue weighted by Crippen LogP contribution is 2.17. The van der Waals surface area contributed by atoms with E-state index in [0.717, 1.165) is 12.2 Å². The normalized spacial score (nSPS) is 13.4. The molecule has 4 nitrogen and oxygen atoms in total. The maximum Gasteiger partial charge on any atom is 0.150 e. The Morgan fingerprint density at radius 1 is 1.37 bits per heavy atom. The Balaban J connectivity index is 2.61. The van der Waals surface area contributed by atoms with Crippen LogP contribution in [-0.4, -0.2) is 31.5 Å². The van der Waals surface area contributed by atoms with E-state index in [1.807, 2.05) is 6.92 Å². The smallest absolute Gasteiger partial charge is 0.150 e. The van der Waals surface area contributed by atoms with Gasteiger partial charge in [0.25, 0.3) is 0 Å². The van der Waals surface area contributed by atoms with Crippen molar-refractivity contribution < 1.29 is 12.8 Å². The summed E-state index contributed by atoms with van der Waals surface area (Å²) in [6.07, 6.45) is 2.43. The molecule has 0 radical (unpaired) electrons. The minimum atomic E-state index is -2.93. The van der Waals surface area contributed by atoms with Gasteiger partial charge in [0.2, 0.25) is 0 Å². The van der Waals surface area contributed by atoms with Crippen molar-refractivity contribution in [3.63, 3.8) is 0 Å². The molecule has 1 aromatic rings. The van der Waals surface area contributed by atoms with Crippen molar-refractivity contribution in [2.75, 3.05) is 18.1 Å². The van der Waals surface area contributed by atoms with Crippen molar-refractivity contribution >= 4 is 9.84 Å². The third-order valence-corrected chi connectivity index (χ3v) is 4.74. The highest BCUT2D eigenvalue weighted by Gasteiger charge is 2.14. The number of nitrogens with zero attached hydrogens (tertiary/aromatic N) is 1. The quantitative estimate of drug-likeness (QED) is 0.795. The van der Waals surface area contributed by atoms with Gasteiger partial charge in [0.1, 0.15) is 15.7 Å². The molecule has 0 spiro atoms. The van der Waals surface area contributed by atoms with Gasteiger partial charge in [-0.2, -0.15) is 0 Å². The third-order valence-electron chi connectivity index (χ3n) is 2.95. The fourth-order valence-corrected chi connectivity index (χ4v) is 2.74. The number of sulfone groups is 1. The van der Waals surface area contributed by atoms with E-state index < -0.39 is 9.84 Å². The Morgan fingerprint density at radius 3 is 2.63 bits per heavy atom.